The number of alkyl halides is 2. The lowest BCUT2D eigenvalue weighted by Gasteiger charge is -2.19. The van der Waals surface area contributed by atoms with Crippen LogP contribution >= 0.6 is 0 Å². The maximum Gasteiger partial charge on any atom is 0.261 e. The molecule has 0 heterocycles. The molecule has 0 aromatic rings. The highest BCUT2D eigenvalue weighted by Gasteiger charge is 2.10. The molecule has 0 saturated carbocycles. The molecule has 92 valence electrons. The molecule has 0 bridgehead atoms. The fourth-order valence-electron chi connectivity index (χ4n) is 1.20. The van der Waals surface area contributed by atoms with Gasteiger partial charge in [-0.25, -0.2) is 8.78 Å². The molecule has 1 unspecified atom stereocenters. The highest BCUT2D eigenvalue weighted by molar-refractivity contribution is 4.66. The van der Waals surface area contributed by atoms with Crippen molar-refractivity contribution < 1.29 is 13.5 Å². The summed E-state index contributed by atoms with van der Waals surface area (Å²) >= 11 is 0. The number of hydrogen-bond acceptors (Lipinski definition) is 3. The van der Waals surface area contributed by atoms with E-state index in [1.165, 1.54) is 0 Å². The zero-order chi connectivity index (χ0) is 11.7. The van der Waals surface area contributed by atoms with Gasteiger partial charge < -0.3 is 15.8 Å². The van der Waals surface area contributed by atoms with Gasteiger partial charge in [0.05, 0.1) is 6.61 Å². The first kappa shape index (κ1) is 14.7. The zero-order valence-corrected chi connectivity index (χ0v) is 9.51. The Kier molecular flexibility index (Phi) is 8.85. The highest BCUT2D eigenvalue weighted by atomic mass is 19.3. The molecular weight excluding hydrogens is 202 g/mol. The number of ether oxygens (including phenoxy) is 1. The molecule has 0 fully saturated rings. The first-order valence-electron chi connectivity index (χ1n) is 5.34. The van der Waals surface area contributed by atoms with Crippen molar-refractivity contribution in [2.75, 3.05) is 32.8 Å². The van der Waals surface area contributed by atoms with E-state index in [0.717, 1.165) is 6.54 Å². The molecule has 0 aliphatic rings. The van der Waals surface area contributed by atoms with Crippen molar-refractivity contribution in [2.24, 2.45) is 17.6 Å². The van der Waals surface area contributed by atoms with Crippen LogP contribution in [0.1, 0.15) is 13.8 Å². The topological polar surface area (TPSA) is 47.3 Å². The Morgan fingerprint density at radius 1 is 1.33 bits per heavy atom. The van der Waals surface area contributed by atoms with Crippen LogP contribution in [0.4, 0.5) is 8.78 Å². The van der Waals surface area contributed by atoms with Gasteiger partial charge in [-0.15, -0.1) is 0 Å². The quantitative estimate of drug-likeness (QED) is 0.576. The summed E-state index contributed by atoms with van der Waals surface area (Å²) in [7, 11) is 0. The number of hydrogen-bond donors (Lipinski definition) is 2. The Bertz CT molecular complexity index is 145. The van der Waals surface area contributed by atoms with Gasteiger partial charge in [0, 0.05) is 6.54 Å². The van der Waals surface area contributed by atoms with Crippen molar-refractivity contribution >= 4 is 0 Å². The smallest absolute Gasteiger partial charge is 0.261 e. The van der Waals surface area contributed by atoms with Crippen molar-refractivity contribution in [3.05, 3.63) is 0 Å². The SMILES string of the molecule is CC(C)C(CN)CNCCOCC(F)F. The molecule has 0 aromatic carbocycles. The van der Waals surface area contributed by atoms with Crippen molar-refractivity contribution in [3.63, 3.8) is 0 Å². The summed E-state index contributed by atoms with van der Waals surface area (Å²) in [6.07, 6.45) is -2.38. The van der Waals surface area contributed by atoms with E-state index in [9.17, 15) is 8.78 Å². The Labute approximate surface area is 90.4 Å². The van der Waals surface area contributed by atoms with Crippen LogP contribution < -0.4 is 11.1 Å². The van der Waals surface area contributed by atoms with Crippen molar-refractivity contribution in [2.45, 2.75) is 20.3 Å². The minimum atomic E-state index is -2.38. The molecule has 0 radical (unpaired) electrons. The van der Waals surface area contributed by atoms with Crippen molar-refractivity contribution in [3.8, 4) is 0 Å². The minimum absolute atomic E-state index is 0.319. The lowest BCUT2D eigenvalue weighted by atomic mass is 9.96. The summed E-state index contributed by atoms with van der Waals surface area (Å²) in [6.45, 7) is 6.12. The minimum Gasteiger partial charge on any atom is -0.374 e. The van der Waals surface area contributed by atoms with E-state index >= 15 is 0 Å². The molecular formula is C10H22F2N2O. The third-order valence-electron chi connectivity index (χ3n) is 2.32. The van der Waals surface area contributed by atoms with Crippen LogP contribution in [0.15, 0.2) is 0 Å². The molecule has 15 heavy (non-hydrogen) atoms. The van der Waals surface area contributed by atoms with E-state index in [1.54, 1.807) is 0 Å². The summed E-state index contributed by atoms with van der Waals surface area (Å²) < 4.78 is 28.1. The van der Waals surface area contributed by atoms with Crippen molar-refractivity contribution in [1.29, 1.82) is 0 Å². The standard InChI is InChI=1S/C10H22F2N2O/c1-8(2)9(5-13)6-14-3-4-15-7-10(11)12/h8-10,14H,3-7,13H2,1-2H3. The van der Waals surface area contributed by atoms with Gasteiger partial charge in [-0.3, -0.25) is 0 Å². The van der Waals surface area contributed by atoms with Crippen LogP contribution in [-0.2, 0) is 4.74 Å². The average Bonchev–Trinajstić information content (AvgIpc) is 2.15. The highest BCUT2D eigenvalue weighted by Crippen LogP contribution is 2.06. The summed E-state index contributed by atoms with van der Waals surface area (Å²) in [5, 5.41) is 3.14. The molecule has 1 atom stereocenters. The van der Waals surface area contributed by atoms with Gasteiger partial charge in [0.15, 0.2) is 0 Å². The molecule has 0 aromatic heterocycles. The number of rotatable bonds is 9. The average molecular weight is 224 g/mol. The monoisotopic (exact) mass is 224 g/mol. The Morgan fingerprint density at radius 2 is 2.00 bits per heavy atom. The summed E-state index contributed by atoms with van der Waals surface area (Å²) in [4.78, 5) is 0. The molecule has 0 rings (SSSR count). The normalized spacial score (nSPS) is 13.8. The molecule has 5 heteroatoms. The number of nitrogens with one attached hydrogen (secondary N) is 1. The second-order valence-corrected chi connectivity index (χ2v) is 3.91. The fraction of sp³-hybridized carbons (Fsp3) is 1.00. The van der Waals surface area contributed by atoms with E-state index in [2.05, 4.69) is 19.2 Å². The molecule has 0 saturated heterocycles. The predicted molar refractivity (Wildman–Crippen MR) is 57.1 cm³/mol. The van der Waals surface area contributed by atoms with Gasteiger partial charge in [-0.1, -0.05) is 13.8 Å². The Balaban J connectivity index is 3.29. The van der Waals surface area contributed by atoms with Crippen LogP contribution in [0, 0.1) is 11.8 Å². The Morgan fingerprint density at radius 3 is 2.47 bits per heavy atom. The van der Waals surface area contributed by atoms with E-state index in [0.29, 0.717) is 31.5 Å². The van der Waals surface area contributed by atoms with E-state index in [-0.39, 0.29) is 0 Å². The van der Waals surface area contributed by atoms with Crippen LogP contribution in [0.25, 0.3) is 0 Å². The first-order valence-corrected chi connectivity index (χ1v) is 5.34. The maximum atomic E-state index is 11.7. The molecule has 0 aliphatic heterocycles. The second-order valence-electron chi connectivity index (χ2n) is 3.91. The van der Waals surface area contributed by atoms with Crippen LogP contribution in [-0.4, -0.2) is 39.3 Å². The number of halogens is 2. The van der Waals surface area contributed by atoms with Gasteiger partial charge in [0.2, 0.25) is 0 Å². The number of nitrogens with two attached hydrogens (primary N) is 1. The first-order chi connectivity index (χ1) is 7.07. The van der Waals surface area contributed by atoms with E-state index in [4.69, 9.17) is 10.5 Å². The van der Waals surface area contributed by atoms with Gasteiger partial charge in [0.25, 0.3) is 6.43 Å². The largest absolute Gasteiger partial charge is 0.374 e. The zero-order valence-electron chi connectivity index (χ0n) is 9.51. The molecule has 0 spiro atoms. The second kappa shape index (κ2) is 9.00. The third-order valence-corrected chi connectivity index (χ3v) is 2.32. The summed E-state index contributed by atoms with van der Waals surface area (Å²) in [5.74, 6) is 0.963. The lowest BCUT2D eigenvalue weighted by molar-refractivity contribution is 0.0185. The van der Waals surface area contributed by atoms with E-state index in [1.807, 2.05) is 0 Å². The predicted octanol–water partition coefficient (Wildman–Crippen LogP) is 1.09. The van der Waals surface area contributed by atoms with Gasteiger partial charge in [-0.2, -0.15) is 0 Å². The van der Waals surface area contributed by atoms with Crippen LogP contribution in [0.2, 0.25) is 0 Å². The molecule has 3 N–H and O–H groups in total. The summed E-state index contributed by atoms with van der Waals surface area (Å²) in [6, 6.07) is 0. The van der Waals surface area contributed by atoms with Gasteiger partial charge in [0.1, 0.15) is 6.61 Å². The van der Waals surface area contributed by atoms with E-state index < -0.39 is 13.0 Å². The van der Waals surface area contributed by atoms with Gasteiger partial charge in [-0.05, 0) is 24.9 Å². The molecule has 0 aliphatic carbocycles. The van der Waals surface area contributed by atoms with Crippen LogP contribution in [0.5, 0.6) is 0 Å². The summed E-state index contributed by atoms with van der Waals surface area (Å²) in [5.41, 5.74) is 5.58. The van der Waals surface area contributed by atoms with Crippen LogP contribution in [0.3, 0.4) is 0 Å². The fourth-order valence-corrected chi connectivity index (χ4v) is 1.20. The van der Waals surface area contributed by atoms with Gasteiger partial charge >= 0.3 is 0 Å². The maximum absolute atomic E-state index is 11.7. The molecule has 3 nitrogen and oxygen atoms in total. The Hall–Kier alpha value is -0.260. The lowest BCUT2D eigenvalue weighted by Crippen LogP contribution is -2.33. The third kappa shape index (κ3) is 8.72. The van der Waals surface area contributed by atoms with Crippen molar-refractivity contribution in [1.82, 2.24) is 5.32 Å². The molecule has 0 amide bonds.